The summed E-state index contributed by atoms with van der Waals surface area (Å²) in [5.41, 5.74) is 0.299. The molecule has 0 heterocycles. The van der Waals surface area contributed by atoms with Gasteiger partial charge >= 0.3 is 5.97 Å². The number of rotatable bonds is 3. The number of methoxy groups -OCH3 is 1. The third-order valence-electron chi connectivity index (χ3n) is 1.89. The molecule has 1 unspecified atom stereocenters. The lowest BCUT2D eigenvalue weighted by Gasteiger charge is -2.08. The minimum Gasteiger partial charge on any atom is -0.468 e. The van der Waals surface area contributed by atoms with Gasteiger partial charge in [-0.2, -0.15) is 0 Å². The molecule has 0 N–H and O–H groups in total. The van der Waals surface area contributed by atoms with Crippen LogP contribution in [0, 0.1) is 5.82 Å². The molecule has 15 heavy (non-hydrogen) atoms. The molecule has 0 fully saturated rings. The fourth-order valence-electron chi connectivity index (χ4n) is 1.11. The van der Waals surface area contributed by atoms with Crippen LogP contribution >= 0.6 is 23.2 Å². The first-order valence-electron chi connectivity index (χ1n) is 4.21. The number of benzene rings is 1. The number of carbonyl (C=O) groups is 1. The van der Waals surface area contributed by atoms with E-state index in [1.54, 1.807) is 6.07 Å². The van der Waals surface area contributed by atoms with E-state index in [0.717, 1.165) is 0 Å². The summed E-state index contributed by atoms with van der Waals surface area (Å²) in [6.45, 7) is 0. The smallest absolute Gasteiger partial charge is 0.324 e. The summed E-state index contributed by atoms with van der Waals surface area (Å²) in [5.74, 6) is -1.13. The predicted octanol–water partition coefficient (Wildman–Crippen LogP) is 2.80. The number of halogens is 3. The third-order valence-corrected chi connectivity index (χ3v) is 2.51. The van der Waals surface area contributed by atoms with Crippen LogP contribution in [-0.4, -0.2) is 18.5 Å². The summed E-state index contributed by atoms with van der Waals surface area (Å²) < 4.78 is 17.8. The van der Waals surface area contributed by atoms with E-state index in [1.165, 1.54) is 19.2 Å². The predicted molar refractivity (Wildman–Crippen MR) is 56.8 cm³/mol. The van der Waals surface area contributed by atoms with Crippen LogP contribution in [-0.2, 0) is 16.0 Å². The van der Waals surface area contributed by atoms with Gasteiger partial charge in [0.1, 0.15) is 11.2 Å². The molecule has 0 aromatic heterocycles. The van der Waals surface area contributed by atoms with Gasteiger partial charge in [0.2, 0.25) is 0 Å². The lowest BCUT2D eigenvalue weighted by atomic mass is 10.1. The first kappa shape index (κ1) is 12.3. The minimum absolute atomic E-state index is 0.0150. The van der Waals surface area contributed by atoms with E-state index in [0.29, 0.717) is 5.56 Å². The number of esters is 1. The summed E-state index contributed by atoms with van der Waals surface area (Å²) in [4.78, 5) is 11.0. The standard InChI is InChI=1S/C10H9Cl2FO2/c1-15-10(14)8(12)5-6-3-2-4-7(11)9(6)13/h2-4,8H,5H2,1H3. The third kappa shape index (κ3) is 3.08. The Morgan fingerprint density at radius 3 is 2.87 bits per heavy atom. The average Bonchev–Trinajstić information content (AvgIpc) is 2.23. The fourth-order valence-corrected chi connectivity index (χ4v) is 1.56. The first-order chi connectivity index (χ1) is 7.06. The quantitative estimate of drug-likeness (QED) is 0.609. The van der Waals surface area contributed by atoms with E-state index in [1.807, 2.05) is 0 Å². The summed E-state index contributed by atoms with van der Waals surface area (Å²) in [7, 11) is 1.23. The van der Waals surface area contributed by atoms with Gasteiger partial charge in [-0.25, -0.2) is 4.39 Å². The molecule has 0 radical (unpaired) electrons. The summed E-state index contributed by atoms with van der Waals surface area (Å²) >= 11 is 11.3. The van der Waals surface area contributed by atoms with E-state index < -0.39 is 17.2 Å². The van der Waals surface area contributed by atoms with Crippen molar-refractivity contribution in [2.45, 2.75) is 11.8 Å². The minimum atomic E-state index is -0.900. The second-order valence-electron chi connectivity index (χ2n) is 2.91. The molecule has 5 heteroatoms. The molecule has 0 aliphatic heterocycles. The van der Waals surface area contributed by atoms with Crippen molar-refractivity contribution in [3.63, 3.8) is 0 Å². The maximum absolute atomic E-state index is 13.4. The summed E-state index contributed by atoms with van der Waals surface area (Å²) in [6, 6.07) is 4.56. The van der Waals surface area contributed by atoms with Crippen LogP contribution in [0.2, 0.25) is 5.02 Å². The van der Waals surface area contributed by atoms with Gasteiger partial charge in [0.05, 0.1) is 12.1 Å². The zero-order valence-electron chi connectivity index (χ0n) is 7.97. The highest BCUT2D eigenvalue weighted by Crippen LogP contribution is 2.20. The van der Waals surface area contributed by atoms with Gasteiger partial charge in [-0.05, 0) is 11.6 Å². The maximum atomic E-state index is 13.4. The van der Waals surface area contributed by atoms with E-state index in [2.05, 4.69) is 4.74 Å². The van der Waals surface area contributed by atoms with Gasteiger partial charge in [0, 0.05) is 6.42 Å². The van der Waals surface area contributed by atoms with Crippen LogP contribution in [0.15, 0.2) is 18.2 Å². The molecule has 1 rings (SSSR count). The van der Waals surface area contributed by atoms with Crippen LogP contribution in [0.3, 0.4) is 0 Å². The van der Waals surface area contributed by atoms with Crippen LogP contribution in [0.5, 0.6) is 0 Å². The van der Waals surface area contributed by atoms with Crippen molar-refractivity contribution in [3.8, 4) is 0 Å². The molecule has 0 aliphatic rings. The monoisotopic (exact) mass is 250 g/mol. The van der Waals surface area contributed by atoms with E-state index in [9.17, 15) is 9.18 Å². The molecule has 0 aliphatic carbocycles. The van der Waals surface area contributed by atoms with Gasteiger partial charge in [-0.1, -0.05) is 23.7 Å². The van der Waals surface area contributed by atoms with Crippen molar-refractivity contribution in [1.29, 1.82) is 0 Å². The molecule has 0 spiro atoms. The number of hydrogen-bond acceptors (Lipinski definition) is 2. The Morgan fingerprint density at radius 1 is 1.60 bits per heavy atom. The first-order valence-corrected chi connectivity index (χ1v) is 5.02. The second-order valence-corrected chi connectivity index (χ2v) is 3.84. The van der Waals surface area contributed by atoms with Crippen molar-refractivity contribution in [2.75, 3.05) is 7.11 Å². The van der Waals surface area contributed by atoms with Crippen LogP contribution in [0.1, 0.15) is 5.56 Å². The van der Waals surface area contributed by atoms with Crippen molar-refractivity contribution >= 4 is 29.2 Å². The second kappa shape index (κ2) is 5.33. The molecule has 1 aromatic carbocycles. The van der Waals surface area contributed by atoms with E-state index in [-0.39, 0.29) is 11.4 Å². The normalized spacial score (nSPS) is 12.3. The summed E-state index contributed by atoms with van der Waals surface area (Å²) in [6.07, 6.45) is 0.0562. The Kier molecular flexibility index (Phi) is 4.36. The average molecular weight is 251 g/mol. The largest absolute Gasteiger partial charge is 0.468 e. The Balaban J connectivity index is 2.81. The van der Waals surface area contributed by atoms with Crippen molar-refractivity contribution in [2.24, 2.45) is 0 Å². The van der Waals surface area contributed by atoms with Crippen LogP contribution in [0.25, 0.3) is 0 Å². The highest BCUT2D eigenvalue weighted by Gasteiger charge is 2.18. The van der Waals surface area contributed by atoms with E-state index >= 15 is 0 Å². The Labute approximate surface area is 96.9 Å². The fraction of sp³-hybridized carbons (Fsp3) is 0.300. The van der Waals surface area contributed by atoms with Crippen molar-refractivity contribution in [1.82, 2.24) is 0 Å². The number of hydrogen-bond donors (Lipinski definition) is 0. The zero-order valence-corrected chi connectivity index (χ0v) is 9.48. The molecule has 82 valence electrons. The number of alkyl halides is 1. The zero-order chi connectivity index (χ0) is 11.4. The number of carbonyl (C=O) groups excluding carboxylic acids is 1. The van der Waals surface area contributed by atoms with Gasteiger partial charge in [-0.3, -0.25) is 4.79 Å². The van der Waals surface area contributed by atoms with Crippen molar-refractivity contribution < 1.29 is 13.9 Å². The van der Waals surface area contributed by atoms with Crippen molar-refractivity contribution in [3.05, 3.63) is 34.6 Å². The molecule has 0 amide bonds. The lowest BCUT2D eigenvalue weighted by Crippen LogP contribution is -2.19. The van der Waals surface area contributed by atoms with Crippen LogP contribution in [0.4, 0.5) is 4.39 Å². The van der Waals surface area contributed by atoms with E-state index in [4.69, 9.17) is 23.2 Å². The van der Waals surface area contributed by atoms with Gasteiger partial charge in [0.15, 0.2) is 0 Å². The molecular weight excluding hydrogens is 242 g/mol. The molecule has 1 atom stereocenters. The molecule has 2 nitrogen and oxygen atoms in total. The van der Waals surface area contributed by atoms with Crippen LogP contribution < -0.4 is 0 Å². The Bertz CT molecular complexity index is 368. The van der Waals surface area contributed by atoms with Gasteiger partial charge in [-0.15, -0.1) is 11.6 Å². The lowest BCUT2D eigenvalue weighted by molar-refractivity contribution is -0.140. The summed E-state index contributed by atoms with van der Waals surface area (Å²) in [5, 5.41) is -0.885. The molecular formula is C10H9Cl2FO2. The Hall–Kier alpha value is -0.800. The number of ether oxygens (including phenoxy) is 1. The topological polar surface area (TPSA) is 26.3 Å². The SMILES string of the molecule is COC(=O)C(Cl)Cc1cccc(Cl)c1F. The Morgan fingerprint density at radius 2 is 2.27 bits per heavy atom. The maximum Gasteiger partial charge on any atom is 0.324 e. The molecule has 1 aromatic rings. The molecule has 0 bridgehead atoms. The van der Waals surface area contributed by atoms with Gasteiger partial charge < -0.3 is 4.74 Å². The molecule has 0 saturated heterocycles. The highest BCUT2D eigenvalue weighted by molar-refractivity contribution is 6.31. The highest BCUT2D eigenvalue weighted by atomic mass is 35.5. The molecule has 0 saturated carbocycles. The van der Waals surface area contributed by atoms with Gasteiger partial charge in [0.25, 0.3) is 0 Å².